The predicted octanol–water partition coefficient (Wildman–Crippen LogP) is 2.93. The Balaban J connectivity index is 1.72. The minimum Gasteiger partial charge on any atom is -0.339 e. The summed E-state index contributed by atoms with van der Waals surface area (Å²) in [6, 6.07) is 8.13. The maximum absolute atomic E-state index is 12.1. The van der Waals surface area contributed by atoms with E-state index in [9.17, 15) is 4.79 Å². The van der Waals surface area contributed by atoms with Crippen LogP contribution in [0.1, 0.15) is 42.6 Å². The normalized spacial score (nSPS) is 10.9. The van der Waals surface area contributed by atoms with Gasteiger partial charge in [-0.1, -0.05) is 43.3 Å². The van der Waals surface area contributed by atoms with Gasteiger partial charge in [-0.15, -0.1) is 0 Å². The van der Waals surface area contributed by atoms with Crippen LogP contribution in [0.3, 0.4) is 0 Å². The molecule has 0 radical (unpaired) electrons. The average molecular weight is 330 g/mol. The summed E-state index contributed by atoms with van der Waals surface area (Å²) in [6.45, 7) is 7.26. The van der Waals surface area contributed by atoms with Gasteiger partial charge < -0.3 is 14.7 Å². The minimum atomic E-state index is -0.0869. The number of benzene rings is 1. The van der Waals surface area contributed by atoms with E-state index in [4.69, 9.17) is 4.52 Å². The van der Waals surface area contributed by atoms with E-state index in [1.807, 2.05) is 26.0 Å². The van der Waals surface area contributed by atoms with Crippen LogP contribution in [0.25, 0.3) is 0 Å². The highest BCUT2D eigenvalue weighted by atomic mass is 16.5. The Kier molecular flexibility index (Phi) is 6.35. The van der Waals surface area contributed by atoms with Crippen LogP contribution in [-0.4, -0.2) is 41.2 Å². The maximum atomic E-state index is 12.1. The molecule has 24 heavy (non-hydrogen) atoms. The van der Waals surface area contributed by atoms with Gasteiger partial charge in [-0.2, -0.15) is 4.98 Å². The van der Waals surface area contributed by atoms with E-state index >= 15 is 0 Å². The van der Waals surface area contributed by atoms with Gasteiger partial charge in [0.25, 0.3) is 0 Å². The van der Waals surface area contributed by atoms with Gasteiger partial charge in [0.05, 0.1) is 0 Å². The van der Waals surface area contributed by atoms with Crippen molar-refractivity contribution >= 4 is 6.03 Å². The fourth-order valence-corrected chi connectivity index (χ4v) is 2.30. The molecule has 130 valence electrons. The lowest BCUT2D eigenvalue weighted by molar-refractivity contribution is 0.209. The molecule has 1 aromatic carbocycles. The van der Waals surface area contributed by atoms with Crippen molar-refractivity contribution in [1.29, 1.82) is 0 Å². The Morgan fingerprint density at radius 3 is 2.71 bits per heavy atom. The molecule has 0 aliphatic heterocycles. The summed E-state index contributed by atoms with van der Waals surface area (Å²) in [7, 11) is 1.77. The highest BCUT2D eigenvalue weighted by Crippen LogP contribution is 2.11. The molecule has 0 saturated carbocycles. The van der Waals surface area contributed by atoms with Gasteiger partial charge in [-0.25, -0.2) is 4.79 Å². The molecule has 6 nitrogen and oxygen atoms in total. The van der Waals surface area contributed by atoms with Crippen molar-refractivity contribution in [3.8, 4) is 0 Å². The van der Waals surface area contributed by atoms with Crippen LogP contribution in [0, 0.1) is 6.92 Å². The molecule has 1 heterocycles. The van der Waals surface area contributed by atoms with E-state index in [1.165, 1.54) is 11.1 Å². The average Bonchev–Trinajstić information content (AvgIpc) is 3.03. The van der Waals surface area contributed by atoms with E-state index in [2.05, 4.69) is 34.5 Å². The third kappa shape index (κ3) is 5.08. The van der Waals surface area contributed by atoms with Crippen molar-refractivity contribution in [1.82, 2.24) is 20.4 Å². The fourth-order valence-electron chi connectivity index (χ4n) is 2.30. The van der Waals surface area contributed by atoms with Crippen molar-refractivity contribution in [3.05, 3.63) is 47.1 Å². The van der Waals surface area contributed by atoms with Crippen LogP contribution in [-0.2, 0) is 12.8 Å². The van der Waals surface area contributed by atoms with Crippen LogP contribution in [0.5, 0.6) is 0 Å². The molecule has 0 spiro atoms. The topological polar surface area (TPSA) is 71.3 Å². The number of nitrogens with zero attached hydrogens (tertiary/aromatic N) is 3. The van der Waals surface area contributed by atoms with Crippen LogP contribution >= 0.6 is 0 Å². The number of hydrogen-bond acceptors (Lipinski definition) is 4. The molecule has 0 unspecified atom stereocenters. The number of aryl methyl sites for hydroxylation is 1. The zero-order chi connectivity index (χ0) is 17.5. The van der Waals surface area contributed by atoms with E-state index in [-0.39, 0.29) is 11.9 Å². The monoisotopic (exact) mass is 330 g/mol. The number of hydrogen-bond donors (Lipinski definition) is 1. The summed E-state index contributed by atoms with van der Waals surface area (Å²) in [4.78, 5) is 18.1. The zero-order valence-electron chi connectivity index (χ0n) is 14.9. The molecule has 2 amide bonds. The Morgan fingerprint density at radius 2 is 2.04 bits per heavy atom. The first-order valence-electron chi connectivity index (χ1n) is 8.33. The predicted molar refractivity (Wildman–Crippen MR) is 93.0 cm³/mol. The SMILES string of the molecule is Cc1ccccc1CCNC(=O)N(C)CCc1noc(C(C)C)n1. The van der Waals surface area contributed by atoms with Crippen LogP contribution in [0.2, 0.25) is 0 Å². The second kappa shape index (κ2) is 8.47. The van der Waals surface area contributed by atoms with Gasteiger partial charge in [0.2, 0.25) is 5.89 Å². The van der Waals surface area contributed by atoms with Crippen molar-refractivity contribution in [3.63, 3.8) is 0 Å². The van der Waals surface area contributed by atoms with Gasteiger partial charge in [0.1, 0.15) is 0 Å². The Hall–Kier alpha value is -2.37. The van der Waals surface area contributed by atoms with Gasteiger partial charge in [0, 0.05) is 32.5 Å². The number of nitrogens with one attached hydrogen (secondary N) is 1. The van der Waals surface area contributed by atoms with E-state index in [1.54, 1.807) is 11.9 Å². The van der Waals surface area contributed by atoms with Crippen LogP contribution in [0.4, 0.5) is 4.79 Å². The van der Waals surface area contributed by atoms with E-state index < -0.39 is 0 Å². The van der Waals surface area contributed by atoms with Gasteiger partial charge in [-0.05, 0) is 24.5 Å². The highest BCUT2D eigenvalue weighted by molar-refractivity contribution is 5.73. The van der Waals surface area contributed by atoms with Gasteiger partial charge >= 0.3 is 6.03 Å². The fraction of sp³-hybridized carbons (Fsp3) is 0.500. The summed E-state index contributed by atoms with van der Waals surface area (Å²) in [5.74, 6) is 1.49. The highest BCUT2D eigenvalue weighted by Gasteiger charge is 2.12. The van der Waals surface area contributed by atoms with Gasteiger partial charge in [0.15, 0.2) is 5.82 Å². The number of rotatable bonds is 7. The first-order valence-corrected chi connectivity index (χ1v) is 8.33. The third-order valence-corrected chi connectivity index (χ3v) is 3.93. The number of urea groups is 1. The summed E-state index contributed by atoms with van der Waals surface area (Å²) < 4.78 is 5.16. The van der Waals surface area contributed by atoms with Crippen LogP contribution < -0.4 is 5.32 Å². The molecule has 2 aromatic rings. The summed E-state index contributed by atoms with van der Waals surface area (Å²) in [5.41, 5.74) is 2.51. The molecular weight excluding hydrogens is 304 g/mol. The quantitative estimate of drug-likeness (QED) is 0.847. The molecule has 0 aliphatic carbocycles. The lowest BCUT2D eigenvalue weighted by atomic mass is 10.1. The molecule has 2 rings (SSSR count). The lowest BCUT2D eigenvalue weighted by Crippen LogP contribution is -2.39. The van der Waals surface area contributed by atoms with Crippen molar-refractivity contribution in [2.75, 3.05) is 20.1 Å². The first-order chi connectivity index (χ1) is 11.5. The number of aromatic nitrogens is 2. The minimum absolute atomic E-state index is 0.0869. The van der Waals surface area contributed by atoms with Gasteiger partial charge in [-0.3, -0.25) is 0 Å². The standard InChI is InChI=1S/C18H26N4O2/c1-13(2)17-20-16(21-24-17)10-12-22(4)18(23)19-11-9-15-8-6-5-7-14(15)3/h5-8,13H,9-12H2,1-4H3,(H,19,23). The zero-order valence-corrected chi connectivity index (χ0v) is 14.9. The Bertz CT molecular complexity index is 667. The molecule has 1 aromatic heterocycles. The van der Waals surface area contributed by atoms with E-state index in [0.717, 1.165) is 6.42 Å². The molecule has 0 saturated heterocycles. The maximum Gasteiger partial charge on any atom is 0.317 e. The van der Waals surface area contributed by atoms with Crippen molar-refractivity contribution < 1.29 is 9.32 Å². The number of carbonyl (C=O) groups excluding carboxylic acids is 1. The second-order valence-electron chi connectivity index (χ2n) is 6.28. The Morgan fingerprint density at radius 1 is 1.29 bits per heavy atom. The largest absolute Gasteiger partial charge is 0.339 e. The number of likely N-dealkylation sites (N-methyl/N-ethyl adjacent to an activating group) is 1. The molecular formula is C18H26N4O2. The third-order valence-electron chi connectivity index (χ3n) is 3.93. The van der Waals surface area contributed by atoms with Crippen molar-refractivity contribution in [2.24, 2.45) is 0 Å². The number of carbonyl (C=O) groups is 1. The Labute approximate surface area is 143 Å². The van der Waals surface area contributed by atoms with E-state index in [0.29, 0.717) is 31.2 Å². The molecule has 0 aliphatic rings. The van der Waals surface area contributed by atoms with Crippen molar-refractivity contribution in [2.45, 2.75) is 39.5 Å². The number of amides is 2. The first kappa shape index (κ1) is 18.0. The summed E-state index contributed by atoms with van der Waals surface area (Å²) in [6.07, 6.45) is 1.41. The smallest absolute Gasteiger partial charge is 0.317 e. The molecule has 0 fully saturated rings. The van der Waals surface area contributed by atoms with Crippen LogP contribution in [0.15, 0.2) is 28.8 Å². The lowest BCUT2D eigenvalue weighted by Gasteiger charge is -2.17. The molecule has 6 heteroatoms. The second-order valence-corrected chi connectivity index (χ2v) is 6.28. The summed E-state index contributed by atoms with van der Waals surface area (Å²) >= 11 is 0. The summed E-state index contributed by atoms with van der Waals surface area (Å²) in [5, 5.41) is 6.88. The molecule has 0 atom stereocenters. The molecule has 0 bridgehead atoms. The molecule has 1 N–H and O–H groups in total.